The second-order valence-electron chi connectivity index (χ2n) is 3.89. The van der Waals surface area contributed by atoms with Gasteiger partial charge in [-0.05, 0) is 48.1 Å². The molecule has 0 saturated heterocycles. The molecule has 1 heteroatoms. The van der Waals surface area contributed by atoms with Gasteiger partial charge in [0.1, 0.15) is 0 Å². The SMILES string of the molecule is C=Cc1cc(CC)c(CC)cc1/C=C(\C)Cl. The lowest BCUT2D eigenvalue weighted by Crippen LogP contribution is -1.94. The van der Waals surface area contributed by atoms with Crippen molar-refractivity contribution in [2.45, 2.75) is 33.6 Å². The molecule has 16 heavy (non-hydrogen) atoms. The Kier molecular flexibility index (Phi) is 4.82. The van der Waals surface area contributed by atoms with Gasteiger partial charge < -0.3 is 0 Å². The van der Waals surface area contributed by atoms with Crippen LogP contribution in [0.4, 0.5) is 0 Å². The number of rotatable bonds is 4. The highest BCUT2D eigenvalue weighted by molar-refractivity contribution is 6.31. The molecular formula is C15H19Cl. The zero-order valence-corrected chi connectivity index (χ0v) is 11.1. The van der Waals surface area contributed by atoms with E-state index in [4.69, 9.17) is 11.6 Å². The Labute approximate surface area is 104 Å². The summed E-state index contributed by atoms with van der Waals surface area (Å²) in [5.41, 5.74) is 5.13. The first kappa shape index (κ1) is 13.1. The van der Waals surface area contributed by atoms with Gasteiger partial charge in [0, 0.05) is 5.03 Å². The Morgan fingerprint density at radius 2 is 1.69 bits per heavy atom. The number of aryl methyl sites for hydroxylation is 2. The van der Waals surface area contributed by atoms with Gasteiger partial charge in [0.2, 0.25) is 0 Å². The minimum Gasteiger partial charge on any atom is -0.0984 e. The third-order valence-corrected chi connectivity index (χ3v) is 2.85. The lowest BCUT2D eigenvalue weighted by Gasteiger charge is -2.10. The monoisotopic (exact) mass is 234 g/mol. The van der Waals surface area contributed by atoms with Gasteiger partial charge in [-0.25, -0.2) is 0 Å². The molecule has 1 aromatic carbocycles. The molecule has 0 aliphatic rings. The minimum absolute atomic E-state index is 0.800. The number of allylic oxidation sites excluding steroid dienone is 1. The fraction of sp³-hybridized carbons (Fsp3) is 0.333. The van der Waals surface area contributed by atoms with Gasteiger partial charge in [-0.2, -0.15) is 0 Å². The first-order valence-electron chi connectivity index (χ1n) is 5.74. The van der Waals surface area contributed by atoms with E-state index in [-0.39, 0.29) is 0 Å². The Hall–Kier alpha value is -1.01. The van der Waals surface area contributed by atoms with Crippen molar-refractivity contribution in [2.24, 2.45) is 0 Å². The average molecular weight is 235 g/mol. The Morgan fingerprint density at radius 1 is 1.19 bits per heavy atom. The van der Waals surface area contributed by atoms with Crippen LogP contribution in [0.15, 0.2) is 23.7 Å². The van der Waals surface area contributed by atoms with Crippen LogP contribution in [0.25, 0.3) is 12.2 Å². The molecule has 0 fully saturated rings. The molecule has 0 radical (unpaired) electrons. The van der Waals surface area contributed by atoms with Gasteiger partial charge in [-0.3, -0.25) is 0 Å². The molecule has 0 bridgehead atoms. The summed E-state index contributed by atoms with van der Waals surface area (Å²) in [7, 11) is 0. The molecule has 1 rings (SSSR count). The maximum absolute atomic E-state index is 5.94. The smallest absolute Gasteiger partial charge is 0.0156 e. The van der Waals surface area contributed by atoms with Gasteiger partial charge in [0.05, 0.1) is 0 Å². The summed E-state index contributed by atoms with van der Waals surface area (Å²) < 4.78 is 0. The molecule has 0 aliphatic heterocycles. The highest BCUT2D eigenvalue weighted by Crippen LogP contribution is 2.22. The fourth-order valence-corrected chi connectivity index (χ4v) is 2.02. The molecule has 0 spiro atoms. The van der Waals surface area contributed by atoms with Crippen LogP contribution in [-0.4, -0.2) is 0 Å². The van der Waals surface area contributed by atoms with E-state index in [0.717, 1.165) is 29.0 Å². The fourth-order valence-electron chi connectivity index (χ4n) is 1.90. The Bertz CT molecular complexity index is 410. The van der Waals surface area contributed by atoms with Gasteiger partial charge in [-0.1, -0.05) is 50.2 Å². The van der Waals surface area contributed by atoms with Crippen molar-refractivity contribution in [1.29, 1.82) is 0 Å². The molecule has 0 aromatic heterocycles. The first-order valence-corrected chi connectivity index (χ1v) is 6.12. The first-order chi connectivity index (χ1) is 7.62. The molecule has 0 saturated carbocycles. The van der Waals surface area contributed by atoms with E-state index >= 15 is 0 Å². The number of halogens is 1. The van der Waals surface area contributed by atoms with Crippen LogP contribution in [-0.2, 0) is 12.8 Å². The van der Waals surface area contributed by atoms with Crippen molar-refractivity contribution in [3.63, 3.8) is 0 Å². The summed E-state index contributed by atoms with van der Waals surface area (Å²) in [6.45, 7) is 10.1. The molecule has 1 aromatic rings. The van der Waals surface area contributed by atoms with Crippen molar-refractivity contribution in [1.82, 2.24) is 0 Å². The molecule has 0 unspecified atom stereocenters. The quantitative estimate of drug-likeness (QED) is 0.684. The van der Waals surface area contributed by atoms with Crippen molar-refractivity contribution < 1.29 is 0 Å². The average Bonchev–Trinajstić information content (AvgIpc) is 2.27. The summed E-state index contributed by atoms with van der Waals surface area (Å²) in [5.74, 6) is 0. The molecule has 0 nitrogen and oxygen atoms in total. The summed E-state index contributed by atoms with van der Waals surface area (Å²) in [6.07, 6.45) is 6.01. The van der Waals surface area contributed by atoms with E-state index in [2.05, 4.69) is 32.6 Å². The van der Waals surface area contributed by atoms with Crippen molar-refractivity contribution >= 4 is 23.8 Å². The lowest BCUT2D eigenvalue weighted by atomic mass is 9.95. The van der Waals surface area contributed by atoms with Crippen LogP contribution in [0.3, 0.4) is 0 Å². The van der Waals surface area contributed by atoms with E-state index in [1.54, 1.807) is 0 Å². The van der Waals surface area contributed by atoms with Crippen LogP contribution in [0, 0.1) is 0 Å². The van der Waals surface area contributed by atoms with Gasteiger partial charge in [0.25, 0.3) is 0 Å². The molecule has 0 N–H and O–H groups in total. The van der Waals surface area contributed by atoms with Crippen LogP contribution in [0.2, 0.25) is 0 Å². The number of hydrogen-bond donors (Lipinski definition) is 0. The third kappa shape index (κ3) is 2.99. The van der Waals surface area contributed by atoms with Gasteiger partial charge in [0.15, 0.2) is 0 Å². The third-order valence-electron chi connectivity index (χ3n) is 2.74. The zero-order valence-electron chi connectivity index (χ0n) is 10.3. The highest BCUT2D eigenvalue weighted by Gasteiger charge is 2.04. The highest BCUT2D eigenvalue weighted by atomic mass is 35.5. The summed E-state index contributed by atoms with van der Waals surface area (Å²) in [5, 5.41) is 0.800. The molecule has 0 atom stereocenters. The van der Waals surface area contributed by atoms with Crippen LogP contribution in [0.1, 0.15) is 43.0 Å². The van der Waals surface area contributed by atoms with Crippen molar-refractivity contribution in [2.75, 3.05) is 0 Å². The van der Waals surface area contributed by atoms with Crippen molar-refractivity contribution in [3.8, 4) is 0 Å². The molecular weight excluding hydrogens is 216 g/mol. The summed E-state index contributed by atoms with van der Waals surface area (Å²) in [6, 6.07) is 4.44. The number of benzene rings is 1. The normalized spacial score (nSPS) is 11.6. The zero-order chi connectivity index (χ0) is 12.1. The standard InChI is InChI=1S/C15H19Cl/c1-5-12-9-14(7-3)15(8-11(4)16)10-13(12)6-2/h7-10H,3,5-6H2,1-2,4H3/b11-8+. The van der Waals surface area contributed by atoms with E-state index in [0.29, 0.717) is 0 Å². The maximum Gasteiger partial charge on any atom is 0.0156 e. The second-order valence-corrected chi connectivity index (χ2v) is 4.49. The van der Waals surface area contributed by atoms with E-state index in [1.165, 1.54) is 11.1 Å². The predicted octanol–water partition coefficient (Wildman–Crippen LogP) is 5.05. The van der Waals surface area contributed by atoms with Crippen LogP contribution in [0.5, 0.6) is 0 Å². The van der Waals surface area contributed by atoms with E-state index in [9.17, 15) is 0 Å². The molecule has 0 aliphatic carbocycles. The molecule has 86 valence electrons. The topological polar surface area (TPSA) is 0 Å². The number of hydrogen-bond acceptors (Lipinski definition) is 0. The van der Waals surface area contributed by atoms with Gasteiger partial charge in [-0.15, -0.1) is 0 Å². The summed E-state index contributed by atoms with van der Waals surface area (Å²) in [4.78, 5) is 0. The lowest BCUT2D eigenvalue weighted by molar-refractivity contribution is 1.03. The van der Waals surface area contributed by atoms with E-state index in [1.807, 2.05) is 19.1 Å². The Balaban J connectivity index is 3.37. The molecule has 0 heterocycles. The van der Waals surface area contributed by atoms with Gasteiger partial charge >= 0.3 is 0 Å². The largest absolute Gasteiger partial charge is 0.0984 e. The van der Waals surface area contributed by atoms with E-state index < -0.39 is 0 Å². The Morgan fingerprint density at radius 3 is 2.06 bits per heavy atom. The summed E-state index contributed by atoms with van der Waals surface area (Å²) >= 11 is 5.94. The van der Waals surface area contributed by atoms with Crippen LogP contribution >= 0.6 is 11.6 Å². The second kappa shape index (κ2) is 5.91. The van der Waals surface area contributed by atoms with Crippen LogP contribution < -0.4 is 0 Å². The van der Waals surface area contributed by atoms with Crippen molar-refractivity contribution in [3.05, 3.63) is 46.0 Å². The maximum atomic E-state index is 5.94. The molecule has 0 amide bonds. The minimum atomic E-state index is 0.800. The predicted molar refractivity (Wildman–Crippen MR) is 74.8 cm³/mol.